The van der Waals surface area contributed by atoms with Crippen LogP contribution in [0.3, 0.4) is 0 Å². The van der Waals surface area contributed by atoms with Gasteiger partial charge in [0.1, 0.15) is 0 Å². The molecule has 1 unspecified atom stereocenters. The average Bonchev–Trinajstić information content (AvgIpc) is 2.97. The average molecular weight is 500 g/mol. The van der Waals surface area contributed by atoms with Gasteiger partial charge in [0.15, 0.2) is 0 Å². The van der Waals surface area contributed by atoms with Crippen LogP contribution < -0.4 is 5.32 Å². The molecule has 35 heavy (non-hydrogen) atoms. The summed E-state index contributed by atoms with van der Waals surface area (Å²) in [5.74, 6) is -0.346. The fourth-order valence-electron chi connectivity index (χ4n) is 4.93. The van der Waals surface area contributed by atoms with Gasteiger partial charge in [-0.25, -0.2) is 13.2 Å². The molecule has 188 valence electrons. The molecular formula is C26H33N3O5S. The zero-order chi connectivity index (χ0) is 26.0. The van der Waals surface area contributed by atoms with Gasteiger partial charge in [0.2, 0.25) is 15.9 Å². The fourth-order valence-corrected chi connectivity index (χ4v) is 7.10. The molecule has 0 saturated carbocycles. The number of carbonyl (C=O) groups is 2. The first-order valence-corrected chi connectivity index (χ1v) is 12.8. The van der Waals surface area contributed by atoms with Gasteiger partial charge in [0.05, 0.1) is 10.4 Å². The summed E-state index contributed by atoms with van der Waals surface area (Å²) in [4.78, 5) is 25.1. The van der Waals surface area contributed by atoms with Gasteiger partial charge in [-0.15, -0.1) is 0 Å². The van der Waals surface area contributed by atoms with Crippen molar-refractivity contribution in [1.82, 2.24) is 14.5 Å². The second-order valence-electron chi connectivity index (χ2n) is 9.97. The Morgan fingerprint density at radius 2 is 1.60 bits per heavy atom. The van der Waals surface area contributed by atoms with Crippen LogP contribution in [0.5, 0.6) is 0 Å². The van der Waals surface area contributed by atoms with Gasteiger partial charge in [-0.2, -0.15) is 4.31 Å². The van der Waals surface area contributed by atoms with Crippen molar-refractivity contribution in [1.29, 1.82) is 0 Å². The largest absolute Gasteiger partial charge is 0.465 e. The lowest BCUT2D eigenvalue weighted by atomic mass is 9.94. The summed E-state index contributed by atoms with van der Waals surface area (Å²) in [6.45, 7) is 11.1. The Kier molecular flexibility index (Phi) is 7.42. The van der Waals surface area contributed by atoms with Crippen molar-refractivity contribution in [3.8, 4) is 0 Å². The SMILES string of the molecule is C=CC(=O)NC1CC(C)(C)N(S(=O)(=O)c2ccc(CN(Cc3ccccc3)C(=O)O)cc2)C1(C)C. The Balaban J connectivity index is 1.84. The van der Waals surface area contributed by atoms with Gasteiger partial charge < -0.3 is 10.4 Å². The monoisotopic (exact) mass is 499 g/mol. The van der Waals surface area contributed by atoms with Crippen molar-refractivity contribution >= 4 is 22.0 Å². The third kappa shape index (κ3) is 5.57. The Morgan fingerprint density at radius 1 is 1.06 bits per heavy atom. The van der Waals surface area contributed by atoms with E-state index in [9.17, 15) is 23.1 Å². The summed E-state index contributed by atoms with van der Waals surface area (Å²) in [7, 11) is -3.91. The second-order valence-corrected chi connectivity index (χ2v) is 11.8. The fraction of sp³-hybridized carbons (Fsp3) is 0.385. The Hall–Kier alpha value is -3.17. The molecular weight excluding hydrogens is 466 g/mol. The van der Waals surface area contributed by atoms with Crippen LogP contribution in [0.2, 0.25) is 0 Å². The van der Waals surface area contributed by atoms with Crippen molar-refractivity contribution in [2.75, 3.05) is 0 Å². The predicted molar refractivity (Wildman–Crippen MR) is 134 cm³/mol. The number of nitrogens with zero attached hydrogens (tertiary/aromatic N) is 2. The number of benzene rings is 2. The quantitative estimate of drug-likeness (QED) is 0.534. The maximum Gasteiger partial charge on any atom is 0.407 e. The Morgan fingerprint density at radius 3 is 2.11 bits per heavy atom. The van der Waals surface area contributed by atoms with E-state index in [4.69, 9.17) is 0 Å². The van der Waals surface area contributed by atoms with E-state index in [2.05, 4.69) is 11.9 Å². The zero-order valence-electron chi connectivity index (χ0n) is 20.6. The molecule has 2 N–H and O–H groups in total. The van der Waals surface area contributed by atoms with Crippen LogP contribution in [0.25, 0.3) is 0 Å². The van der Waals surface area contributed by atoms with Crippen LogP contribution in [0.1, 0.15) is 45.2 Å². The van der Waals surface area contributed by atoms with Crippen molar-refractivity contribution in [3.63, 3.8) is 0 Å². The molecule has 2 aromatic rings. The minimum atomic E-state index is -3.91. The first-order valence-electron chi connectivity index (χ1n) is 11.4. The number of sulfonamides is 1. The van der Waals surface area contributed by atoms with Gasteiger partial charge in [-0.05, 0) is 63.5 Å². The number of rotatable bonds is 8. The van der Waals surface area contributed by atoms with Gasteiger partial charge >= 0.3 is 6.09 Å². The van der Waals surface area contributed by atoms with Crippen LogP contribution in [0, 0.1) is 0 Å². The van der Waals surface area contributed by atoms with Crippen LogP contribution in [0.15, 0.2) is 72.1 Å². The lowest BCUT2D eigenvalue weighted by Crippen LogP contribution is -2.56. The third-order valence-corrected chi connectivity index (χ3v) is 8.77. The smallest absolute Gasteiger partial charge is 0.407 e. The third-order valence-electron chi connectivity index (χ3n) is 6.45. The summed E-state index contributed by atoms with van der Waals surface area (Å²) in [6.07, 6.45) is 0.569. The second kappa shape index (κ2) is 9.83. The first kappa shape index (κ1) is 26.4. The van der Waals surface area contributed by atoms with Crippen molar-refractivity contribution in [3.05, 3.63) is 78.4 Å². The van der Waals surface area contributed by atoms with Gasteiger partial charge in [-0.1, -0.05) is 49.0 Å². The summed E-state index contributed by atoms with van der Waals surface area (Å²) < 4.78 is 28.9. The number of carboxylic acid groups (broad SMARTS) is 1. The maximum absolute atomic E-state index is 13.7. The minimum absolute atomic E-state index is 0.114. The highest BCUT2D eigenvalue weighted by Crippen LogP contribution is 2.44. The molecule has 3 rings (SSSR count). The summed E-state index contributed by atoms with van der Waals surface area (Å²) in [5, 5.41) is 12.5. The Labute approximate surface area is 207 Å². The lowest BCUT2D eigenvalue weighted by molar-refractivity contribution is -0.117. The molecule has 0 spiro atoms. The van der Waals surface area contributed by atoms with Crippen LogP contribution in [-0.4, -0.2) is 51.8 Å². The summed E-state index contributed by atoms with van der Waals surface area (Å²) in [6, 6.07) is 15.2. The van der Waals surface area contributed by atoms with Gasteiger partial charge in [-0.3, -0.25) is 9.69 Å². The molecule has 2 amide bonds. The molecule has 2 aromatic carbocycles. The topological polar surface area (TPSA) is 107 Å². The molecule has 1 aliphatic heterocycles. The molecule has 1 atom stereocenters. The van der Waals surface area contributed by atoms with Gasteiger partial charge in [0, 0.05) is 24.7 Å². The predicted octanol–water partition coefficient (Wildman–Crippen LogP) is 3.99. The van der Waals surface area contributed by atoms with Gasteiger partial charge in [0.25, 0.3) is 0 Å². The molecule has 0 radical (unpaired) electrons. The van der Waals surface area contributed by atoms with E-state index in [1.807, 2.05) is 44.2 Å². The van der Waals surface area contributed by atoms with E-state index in [-0.39, 0.29) is 29.9 Å². The van der Waals surface area contributed by atoms with E-state index in [0.717, 1.165) is 5.56 Å². The summed E-state index contributed by atoms with van der Waals surface area (Å²) in [5.41, 5.74) is -0.0743. The molecule has 9 heteroatoms. The van der Waals surface area contributed by atoms with E-state index < -0.39 is 27.2 Å². The highest BCUT2D eigenvalue weighted by Gasteiger charge is 2.57. The van der Waals surface area contributed by atoms with Crippen LogP contribution in [-0.2, 0) is 27.9 Å². The maximum atomic E-state index is 13.7. The standard InChI is InChI=1S/C26H33N3O5S/c1-6-23(30)27-22-16-25(2,3)29(26(22,4)5)35(33,34)21-14-12-20(13-15-21)18-28(24(31)32)17-19-10-8-7-9-11-19/h6-15,22H,1,16-18H2,2-5H3,(H,27,30)(H,31,32). The van der Waals surface area contributed by atoms with E-state index in [1.54, 1.807) is 26.0 Å². The van der Waals surface area contributed by atoms with Crippen molar-refractivity contribution < 1.29 is 23.1 Å². The van der Waals surface area contributed by atoms with Crippen molar-refractivity contribution in [2.24, 2.45) is 0 Å². The minimum Gasteiger partial charge on any atom is -0.465 e. The lowest BCUT2D eigenvalue weighted by Gasteiger charge is -2.40. The number of amides is 2. The molecule has 8 nitrogen and oxygen atoms in total. The summed E-state index contributed by atoms with van der Waals surface area (Å²) >= 11 is 0. The number of hydrogen-bond acceptors (Lipinski definition) is 4. The molecule has 1 saturated heterocycles. The van der Waals surface area contributed by atoms with E-state index >= 15 is 0 Å². The molecule has 0 aliphatic carbocycles. The molecule has 1 fully saturated rings. The Bertz CT molecular complexity index is 1190. The van der Waals surface area contributed by atoms with Crippen LogP contribution in [0.4, 0.5) is 4.79 Å². The normalized spacial score (nSPS) is 19.1. The number of nitrogens with one attached hydrogen (secondary N) is 1. The first-order chi connectivity index (χ1) is 16.3. The van der Waals surface area contributed by atoms with E-state index in [0.29, 0.717) is 12.0 Å². The number of hydrogen-bond donors (Lipinski definition) is 2. The van der Waals surface area contributed by atoms with Crippen LogP contribution >= 0.6 is 0 Å². The van der Waals surface area contributed by atoms with Crippen molar-refractivity contribution in [2.45, 2.75) is 69.2 Å². The highest BCUT2D eigenvalue weighted by molar-refractivity contribution is 7.89. The highest BCUT2D eigenvalue weighted by atomic mass is 32.2. The van der Waals surface area contributed by atoms with E-state index in [1.165, 1.54) is 27.4 Å². The number of carbonyl (C=O) groups excluding carboxylic acids is 1. The molecule has 0 bridgehead atoms. The molecule has 1 heterocycles. The molecule has 1 aliphatic rings. The zero-order valence-corrected chi connectivity index (χ0v) is 21.4. The molecule has 0 aromatic heterocycles.